The Morgan fingerprint density at radius 2 is 1.10 bits per heavy atom. The second-order valence-electron chi connectivity index (χ2n) is 13.3. The molecule has 6 aromatic rings. The van der Waals surface area contributed by atoms with E-state index in [9.17, 15) is 23.5 Å². The van der Waals surface area contributed by atoms with Crippen molar-refractivity contribution in [3.05, 3.63) is 177 Å². The molecule has 0 atom stereocenters. The van der Waals surface area contributed by atoms with E-state index in [4.69, 9.17) is 20.3 Å². The highest BCUT2D eigenvalue weighted by molar-refractivity contribution is 8.21. The molecule has 0 amide bonds. The molecule has 0 aliphatic rings. The summed E-state index contributed by atoms with van der Waals surface area (Å²) in [5.41, 5.74) is 11.8. The van der Waals surface area contributed by atoms with E-state index in [1.807, 2.05) is 32.6 Å². The molecule has 0 spiro atoms. The number of carbonyl (C=O) groups is 2. The number of hydrogen-bond acceptors (Lipinski definition) is 11. The molecule has 0 unspecified atom stereocenters. The van der Waals surface area contributed by atoms with Gasteiger partial charge in [0.25, 0.3) is 0 Å². The normalized spacial score (nSPS) is 10.6. The number of benzene rings is 6. The van der Waals surface area contributed by atoms with Gasteiger partial charge in [0.1, 0.15) is 34.6 Å². The lowest BCUT2D eigenvalue weighted by atomic mass is 10.0. The molecule has 0 saturated carbocycles. The number of hydrogen-bond donors (Lipinski definition) is 4. The predicted molar refractivity (Wildman–Crippen MR) is 256 cm³/mol. The minimum atomic E-state index is -0.384. The van der Waals surface area contributed by atoms with Gasteiger partial charge in [0.15, 0.2) is 11.6 Å². The van der Waals surface area contributed by atoms with Crippen molar-refractivity contribution in [2.75, 3.05) is 44.0 Å². The van der Waals surface area contributed by atoms with Gasteiger partial charge >= 0.3 is 0 Å². The third kappa shape index (κ3) is 13.9. The number of rotatable bonds is 13. The lowest BCUT2D eigenvalue weighted by Gasteiger charge is -2.12. The van der Waals surface area contributed by atoms with Gasteiger partial charge in [-0.05, 0) is 140 Å². The smallest absolute Gasteiger partial charge is 0.188 e. The van der Waals surface area contributed by atoms with E-state index in [1.165, 1.54) is 67.7 Å². The first kappa shape index (κ1) is 48.5. The number of ketones is 2. The number of halogens is 2. The van der Waals surface area contributed by atoms with Crippen LogP contribution < -0.4 is 20.5 Å². The number of methoxy groups -OCH3 is 2. The number of phenolic OH excluding ortho intramolecular Hbond substituents is 2. The fourth-order valence-electron chi connectivity index (χ4n) is 5.71. The summed E-state index contributed by atoms with van der Waals surface area (Å²) < 4.78 is 39.7. The maximum atomic E-state index is 14.3. The van der Waals surface area contributed by atoms with Crippen molar-refractivity contribution in [3.63, 3.8) is 0 Å². The standard InChI is InChI=1S/C24H22FNO3S.C18H17FO2S2.C7H9NO/c1-15-11-18(27)7-10-22(15)26-24(30-3)14-23(28)17-6-4-5-16(12-17)20-13-19(29-2)8-9-21(20)25;1-21-14-7-8-16(19)15(10-14)12-5-4-6-13(9-12)17(20)11-18(22-2)23-3;1-5-4-6(9)2-3-7(5)8/h4-14,26-27H,1-3H3;4-11H,1-3H3;2-4,9H,8H2,1H3/b24-14-;;. The van der Waals surface area contributed by atoms with Crippen molar-refractivity contribution in [1.29, 1.82) is 0 Å². The van der Waals surface area contributed by atoms with Crippen molar-refractivity contribution in [2.24, 2.45) is 0 Å². The number of carbonyl (C=O) groups excluding carboxylic acids is 2. The third-order valence-electron chi connectivity index (χ3n) is 9.12. The van der Waals surface area contributed by atoms with E-state index in [0.717, 1.165) is 21.1 Å². The first-order valence-corrected chi connectivity index (χ1v) is 22.5. The highest BCUT2D eigenvalue weighted by Gasteiger charge is 2.13. The van der Waals surface area contributed by atoms with Gasteiger partial charge in [0, 0.05) is 50.0 Å². The molecule has 0 heterocycles. The van der Waals surface area contributed by atoms with E-state index in [1.54, 1.807) is 115 Å². The third-order valence-corrected chi connectivity index (χ3v) is 11.8. The van der Waals surface area contributed by atoms with Gasteiger partial charge in [0.2, 0.25) is 0 Å². The Morgan fingerprint density at radius 3 is 1.53 bits per heavy atom. The van der Waals surface area contributed by atoms with Gasteiger partial charge in [-0.2, -0.15) is 0 Å². The molecule has 322 valence electrons. The number of aryl methyl sites for hydroxylation is 2. The Balaban J connectivity index is 0.000000232. The zero-order valence-corrected chi connectivity index (χ0v) is 37.7. The zero-order valence-electron chi connectivity index (χ0n) is 35.3. The quantitative estimate of drug-likeness (QED) is 0.0382. The fourth-order valence-corrected chi connectivity index (χ4v) is 7.26. The summed E-state index contributed by atoms with van der Waals surface area (Å²) >= 11 is 4.45. The molecular formula is C49H48F2N2O6S3. The van der Waals surface area contributed by atoms with Crippen LogP contribution >= 0.6 is 35.3 Å². The van der Waals surface area contributed by atoms with Crippen molar-refractivity contribution < 1.29 is 38.1 Å². The largest absolute Gasteiger partial charge is 0.508 e. The average molecular weight is 895 g/mol. The predicted octanol–water partition coefficient (Wildman–Crippen LogP) is 12.5. The number of nitrogen functional groups attached to an aromatic ring is 1. The lowest BCUT2D eigenvalue weighted by Crippen LogP contribution is -2.03. The summed E-state index contributed by atoms with van der Waals surface area (Å²) in [5.74, 6) is 0.547. The average Bonchev–Trinajstić information content (AvgIpc) is 3.28. The lowest BCUT2D eigenvalue weighted by molar-refractivity contribution is 0.103. The molecule has 62 heavy (non-hydrogen) atoms. The van der Waals surface area contributed by atoms with E-state index in [0.29, 0.717) is 55.6 Å². The summed E-state index contributed by atoms with van der Waals surface area (Å²) in [4.78, 5) is 25.2. The zero-order chi connectivity index (χ0) is 45.3. The van der Waals surface area contributed by atoms with E-state index >= 15 is 0 Å². The molecular weight excluding hydrogens is 847 g/mol. The second-order valence-corrected chi connectivity index (χ2v) is 16.1. The van der Waals surface area contributed by atoms with Gasteiger partial charge in [-0.3, -0.25) is 9.59 Å². The Hall–Kier alpha value is -6.15. The molecule has 0 saturated heterocycles. The molecule has 0 radical (unpaired) electrons. The SMILES string of the molecule is COc1ccc(F)c(-c2cccc(C(=O)/C=C(/Nc3ccc(O)cc3C)SC)c2)c1.COc1ccc(F)c(-c2cccc(C(=O)C=C(SC)SC)c2)c1.Cc1cc(O)ccc1N. The number of allylic oxidation sites excluding steroid dienone is 2. The van der Waals surface area contributed by atoms with Crippen LogP contribution in [-0.2, 0) is 0 Å². The van der Waals surface area contributed by atoms with Crippen LogP contribution in [0.25, 0.3) is 22.3 Å². The van der Waals surface area contributed by atoms with Crippen molar-refractivity contribution in [3.8, 4) is 45.3 Å². The summed E-state index contributed by atoms with van der Waals surface area (Å²) in [6, 6.07) is 32.8. The van der Waals surface area contributed by atoms with Crippen molar-refractivity contribution in [2.45, 2.75) is 13.8 Å². The highest BCUT2D eigenvalue weighted by Crippen LogP contribution is 2.31. The Labute approximate surface area is 374 Å². The maximum absolute atomic E-state index is 14.3. The first-order valence-electron chi connectivity index (χ1n) is 18.8. The van der Waals surface area contributed by atoms with Crippen LogP contribution in [0.5, 0.6) is 23.0 Å². The number of phenols is 2. The summed E-state index contributed by atoms with van der Waals surface area (Å²) in [5, 5.41) is 22.3. The molecule has 6 rings (SSSR count). The van der Waals surface area contributed by atoms with Crippen LogP contribution in [0.15, 0.2) is 143 Å². The van der Waals surface area contributed by atoms with Crippen LogP contribution in [0.3, 0.4) is 0 Å². The van der Waals surface area contributed by atoms with Gasteiger partial charge in [-0.15, -0.1) is 35.3 Å². The van der Waals surface area contributed by atoms with Crippen LogP contribution in [0, 0.1) is 25.5 Å². The van der Waals surface area contributed by atoms with Crippen LogP contribution in [0.1, 0.15) is 31.8 Å². The Bertz CT molecular complexity index is 2570. The Kier molecular flexibility index (Phi) is 18.6. The van der Waals surface area contributed by atoms with Gasteiger partial charge < -0.3 is 30.7 Å². The fraction of sp³-hybridized carbons (Fsp3) is 0.143. The number of nitrogens with one attached hydrogen (secondary N) is 1. The molecule has 0 aliphatic heterocycles. The molecule has 13 heteroatoms. The van der Waals surface area contributed by atoms with Crippen molar-refractivity contribution in [1.82, 2.24) is 0 Å². The summed E-state index contributed by atoms with van der Waals surface area (Å²) in [6.45, 7) is 3.73. The highest BCUT2D eigenvalue weighted by atomic mass is 32.2. The minimum Gasteiger partial charge on any atom is -0.508 e. The number of nitrogens with two attached hydrogens (primary N) is 1. The molecule has 6 aromatic carbocycles. The summed E-state index contributed by atoms with van der Waals surface area (Å²) in [7, 11) is 3.06. The molecule has 5 N–H and O–H groups in total. The number of thioether (sulfide) groups is 3. The number of aromatic hydroxyl groups is 2. The monoisotopic (exact) mass is 894 g/mol. The van der Waals surface area contributed by atoms with Gasteiger partial charge in [0.05, 0.1) is 19.2 Å². The topological polar surface area (TPSA) is 131 Å². The van der Waals surface area contributed by atoms with Crippen LogP contribution in [0.2, 0.25) is 0 Å². The molecule has 0 fully saturated rings. The van der Waals surface area contributed by atoms with E-state index in [-0.39, 0.29) is 34.7 Å². The molecule has 0 aliphatic carbocycles. The van der Waals surface area contributed by atoms with Crippen LogP contribution in [0.4, 0.5) is 20.2 Å². The Morgan fingerprint density at radius 1 is 0.613 bits per heavy atom. The first-order chi connectivity index (χ1) is 29.7. The maximum Gasteiger partial charge on any atom is 0.188 e. The second kappa shape index (κ2) is 23.7. The van der Waals surface area contributed by atoms with Gasteiger partial charge in [-0.1, -0.05) is 36.4 Å². The van der Waals surface area contributed by atoms with E-state index < -0.39 is 0 Å². The summed E-state index contributed by atoms with van der Waals surface area (Å²) in [6.07, 6.45) is 8.84. The van der Waals surface area contributed by atoms with Crippen LogP contribution in [-0.4, -0.2) is 54.8 Å². The molecule has 0 bridgehead atoms. The molecule has 0 aromatic heterocycles. The van der Waals surface area contributed by atoms with Gasteiger partial charge in [-0.25, -0.2) is 8.78 Å². The van der Waals surface area contributed by atoms with Crippen molar-refractivity contribution >= 4 is 58.2 Å². The molecule has 8 nitrogen and oxygen atoms in total. The number of ether oxygens (including phenoxy) is 2. The van der Waals surface area contributed by atoms with E-state index in [2.05, 4.69) is 5.32 Å². The minimum absolute atomic E-state index is 0.0890. The number of anilines is 2.